The van der Waals surface area contributed by atoms with Gasteiger partial charge in [-0.15, -0.1) is 0 Å². The molecule has 6 aromatic carbocycles. The minimum absolute atomic E-state index is 0.794. The molecule has 0 unspecified atom stereocenters. The van der Waals surface area contributed by atoms with Gasteiger partial charge in [0.1, 0.15) is 5.75 Å². The number of aryl methyl sites for hydroxylation is 1. The molecule has 3 heteroatoms. The topological polar surface area (TPSA) is 34.1 Å². The van der Waals surface area contributed by atoms with Crippen LogP contribution in [0.15, 0.2) is 164 Å². The van der Waals surface area contributed by atoms with E-state index in [-0.39, 0.29) is 0 Å². The van der Waals surface area contributed by atoms with Crippen LogP contribution in [0.25, 0.3) is 55.9 Å². The predicted molar refractivity (Wildman–Crippen MR) is 192 cm³/mol. The van der Waals surface area contributed by atoms with Crippen molar-refractivity contribution in [3.05, 3.63) is 169 Å². The molecule has 0 saturated heterocycles. The number of hydrogen-bond donors (Lipinski definition) is 1. The Bertz CT molecular complexity index is 2090. The van der Waals surface area contributed by atoms with Gasteiger partial charge in [0.05, 0.1) is 18.5 Å². The molecule has 0 fully saturated rings. The third-order valence-corrected chi connectivity index (χ3v) is 8.26. The van der Waals surface area contributed by atoms with E-state index in [0.29, 0.717) is 0 Å². The minimum Gasteiger partial charge on any atom is -0.496 e. The quantitative estimate of drug-likeness (QED) is 0.190. The first kappa shape index (κ1) is 28.8. The van der Waals surface area contributed by atoms with Crippen molar-refractivity contribution < 1.29 is 4.74 Å². The van der Waals surface area contributed by atoms with Gasteiger partial charge in [0.15, 0.2) is 0 Å². The Balaban J connectivity index is 1.36. The average Bonchev–Trinajstić information content (AvgIpc) is 3.13. The molecular weight excluding hydrogens is 560 g/mol. The van der Waals surface area contributed by atoms with Crippen molar-refractivity contribution in [2.75, 3.05) is 12.4 Å². The van der Waals surface area contributed by atoms with Gasteiger partial charge in [-0.2, -0.15) is 0 Å². The lowest BCUT2D eigenvalue weighted by Crippen LogP contribution is -1.96. The lowest BCUT2D eigenvalue weighted by molar-refractivity contribution is 0.416. The van der Waals surface area contributed by atoms with Gasteiger partial charge in [-0.25, -0.2) is 4.98 Å². The van der Waals surface area contributed by atoms with E-state index in [1.54, 1.807) is 7.11 Å². The second kappa shape index (κ2) is 13.0. The van der Waals surface area contributed by atoms with Gasteiger partial charge < -0.3 is 10.1 Å². The van der Waals surface area contributed by atoms with Crippen LogP contribution >= 0.6 is 0 Å². The van der Waals surface area contributed by atoms with Crippen LogP contribution in [-0.4, -0.2) is 12.1 Å². The molecule has 1 N–H and O–H groups in total. The van der Waals surface area contributed by atoms with Crippen molar-refractivity contribution in [1.29, 1.82) is 0 Å². The Labute approximate surface area is 270 Å². The lowest BCUT2D eigenvalue weighted by atomic mass is 9.95. The SMILES string of the molecule is COc1ccccc1-c1cc(-c2ccc(-c3ccc(-c4ccccc4)cc3)c(Nc3ccc(C)cc3)c2)cc(-c2ccccc2)n1. The van der Waals surface area contributed by atoms with E-state index < -0.39 is 0 Å². The molecule has 0 atom stereocenters. The number of nitrogens with one attached hydrogen (secondary N) is 1. The fraction of sp³-hybridized carbons (Fsp3) is 0.0465. The molecular formula is C43H34N2O. The number of pyridine rings is 1. The summed E-state index contributed by atoms with van der Waals surface area (Å²) in [6, 6.07) is 57.2. The number of rotatable bonds is 8. The van der Waals surface area contributed by atoms with E-state index in [0.717, 1.165) is 61.9 Å². The average molecular weight is 595 g/mol. The smallest absolute Gasteiger partial charge is 0.128 e. The summed E-state index contributed by atoms with van der Waals surface area (Å²) in [5.74, 6) is 0.794. The first-order chi connectivity index (χ1) is 22.6. The summed E-state index contributed by atoms with van der Waals surface area (Å²) in [4.78, 5) is 5.11. The van der Waals surface area contributed by atoms with Gasteiger partial charge in [0, 0.05) is 28.1 Å². The molecule has 0 amide bonds. The number of aromatic nitrogens is 1. The Hall–Kier alpha value is -5.93. The summed E-state index contributed by atoms with van der Waals surface area (Å²) in [5.41, 5.74) is 13.9. The number of para-hydroxylation sites is 1. The van der Waals surface area contributed by atoms with E-state index >= 15 is 0 Å². The normalized spacial score (nSPS) is 10.8. The Morgan fingerprint density at radius 3 is 1.76 bits per heavy atom. The molecule has 3 nitrogen and oxygen atoms in total. The molecule has 7 rings (SSSR count). The fourth-order valence-corrected chi connectivity index (χ4v) is 5.79. The number of benzene rings is 6. The van der Waals surface area contributed by atoms with Gasteiger partial charge in [-0.1, -0.05) is 127 Å². The number of hydrogen-bond acceptors (Lipinski definition) is 3. The molecule has 7 aromatic rings. The van der Waals surface area contributed by atoms with E-state index in [9.17, 15) is 0 Å². The van der Waals surface area contributed by atoms with Gasteiger partial charge in [0.25, 0.3) is 0 Å². The largest absolute Gasteiger partial charge is 0.496 e. The highest BCUT2D eigenvalue weighted by Crippen LogP contribution is 2.38. The highest BCUT2D eigenvalue weighted by Gasteiger charge is 2.14. The van der Waals surface area contributed by atoms with Crippen molar-refractivity contribution in [2.45, 2.75) is 6.92 Å². The Morgan fingerprint density at radius 2 is 1.04 bits per heavy atom. The molecule has 1 heterocycles. The maximum Gasteiger partial charge on any atom is 0.128 e. The van der Waals surface area contributed by atoms with E-state index in [1.807, 2.05) is 42.5 Å². The van der Waals surface area contributed by atoms with Crippen LogP contribution in [0.2, 0.25) is 0 Å². The zero-order valence-corrected chi connectivity index (χ0v) is 25.9. The van der Waals surface area contributed by atoms with E-state index in [2.05, 4.69) is 134 Å². The van der Waals surface area contributed by atoms with Crippen LogP contribution in [0, 0.1) is 6.92 Å². The van der Waals surface area contributed by atoms with Crippen molar-refractivity contribution in [2.24, 2.45) is 0 Å². The van der Waals surface area contributed by atoms with Crippen LogP contribution in [0.4, 0.5) is 11.4 Å². The van der Waals surface area contributed by atoms with Crippen LogP contribution in [0.1, 0.15) is 5.56 Å². The molecule has 0 saturated carbocycles. The number of anilines is 2. The molecule has 0 aliphatic carbocycles. The van der Waals surface area contributed by atoms with Gasteiger partial charge in [0.2, 0.25) is 0 Å². The molecule has 0 aliphatic rings. The monoisotopic (exact) mass is 594 g/mol. The second-order valence-electron chi connectivity index (χ2n) is 11.4. The summed E-state index contributed by atoms with van der Waals surface area (Å²) >= 11 is 0. The summed E-state index contributed by atoms with van der Waals surface area (Å²) in [5, 5.41) is 3.73. The van der Waals surface area contributed by atoms with Gasteiger partial charge in [-0.05, 0) is 77.2 Å². The molecule has 0 spiro atoms. The highest BCUT2D eigenvalue weighted by molar-refractivity contribution is 5.87. The maximum absolute atomic E-state index is 5.74. The van der Waals surface area contributed by atoms with Gasteiger partial charge >= 0.3 is 0 Å². The number of methoxy groups -OCH3 is 1. The van der Waals surface area contributed by atoms with Crippen molar-refractivity contribution in [1.82, 2.24) is 4.98 Å². The second-order valence-corrected chi connectivity index (χ2v) is 11.4. The van der Waals surface area contributed by atoms with E-state index in [4.69, 9.17) is 9.72 Å². The van der Waals surface area contributed by atoms with Crippen molar-refractivity contribution in [3.63, 3.8) is 0 Å². The lowest BCUT2D eigenvalue weighted by Gasteiger charge is -2.17. The Morgan fingerprint density at radius 1 is 0.457 bits per heavy atom. The summed E-state index contributed by atoms with van der Waals surface area (Å²) < 4.78 is 5.74. The maximum atomic E-state index is 5.74. The van der Waals surface area contributed by atoms with Crippen LogP contribution < -0.4 is 10.1 Å². The zero-order valence-electron chi connectivity index (χ0n) is 25.9. The molecule has 0 bridgehead atoms. The van der Waals surface area contributed by atoms with E-state index in [1.165, 1.54) is 16.7 Å². The Kier molecular flexibility index (Phi) is 8.13. The third-order valence-electron chi connectivity index (χ3n) is 8.26. The van der Waals surface area contributed by atoms with Crippen LogP contribution in [0.5, 0.6) is 5.75 Å². The molecule has 1 aromatic heterocycles. The summed E-state index contributed by atoms with van der Waals surface area (Å²) in [6.07, 6.45) is 0. The van der Waals surface area contributed by atoms with Crippen LogP contribution in [0.3, 0.4) is 0 Å². The summed E-state index contributed by atoms with van der Waals surface area (Å²) in [7, 11) is 1.70. The third kappa shape index (κ3) is 6.17. The molecule has 46 heavy (non-hydrogen) atoms. The molecule has 222 valence electrons. The molecule has 0 radical (unpaired) electrons. The number of nitrogens with zero attached hydrogens (tertiary/aromatic N) is 1. The van der Waals surface area contributed by atoms with Crippen molar-refractivity contribution >= 4 is 11.4 Å². The predicted octanol–water partition coefficient (Wildman–Crippen LogP) is 11.5. The number of ether oxygens (including phenoxy) is 1. The minimum atomic E-state index is 0.794. The summed E-state index contributed by atoms with van der Waals surface area (Å²) in [6.45, 7) is 2.11. The zero-order chi connectivity index (χ0) is 31.3. The highest BCUT2D eigenvalue weighted by atomic mass is 16.5. The standard InChI is InChI=1S/C43H34N2O/c1-30-17-24-37(25-18-30)44-41-27-35(23-26-38(41)33-21-19-32(20-22-33)31-11-5-3-6-12-31)36-28-40(34-13-7-4-8-14-34)45-42(29-36)39-15-9-10-16-43(39)46-2/h3-29,44H,1-2H3. The molecule has 0 aliphatic heterocycles. The fourth-order valence-electron chi connectivity index (χ4n) is 5.79. The van der Waals surface area contributed by atoms with Crippen molar-refractivity contribution in [3.8, 4) is 61.6 Å². The first-order valence-electron chi connectivity index (χ1n) is 15.5. The van der Waals surface area contributed by atoms with Crippen LogP contribution in [-0.2, 0) is 0 Å². The first-order valence-corrected chi connectivity index (χ1v) is 15.5. The van der Waals surface area contributed by atoms with Gasteiger partial charge in [-0.3, -0.25) is 0 Å².